The Morgan fingerprint density at radius 3 is 2.68 bits per heavy atom. The van der Waals surface area contributed by atoms with Crippen molar-refractivity contribution in [1.29, 1.82) is 0 Å². The first kappa shape index (κ1) is 26.2. The number of aliphatic imine (C=N–C) groups is 1. The van der Waals surface area contributed by atoms with Gasteiger partial charge < -0.3 is 25.4 Å². The number of likely N-dealkylation sites (tertiary alicyclic amines) is 1. The molecular weight excluding hydrogens is 503 g/mol. The van der Waals surface area contributed by atoms with Crippen LogP contribution in [0.1, 0.15) is 63.1 Å². The molecule has 0 spiro atoms. The molecule has 176 valence electrons. The fourth-order valence-electron chi connectivity index (χ4n) is 4.46. The summed E-state index contributed by atoms with van der Waals surface area (Å²) >= 11 is 0. The number of ether oxygens (including phenoxy) is 1. The Morgan fingerprint density at radius 2 is 1.97 bits per heavy atom. The summed E-state index contributed by atoms with van der Waals surface area (Å²) in [6.07, 6.45) is 7.14. The average molecular weight is 545 g/mol. The highest BCUT2D eigenvalue weighted by molar-refractivity contribution is 14.0. The Bertz CT molecular complexity index is 703. The van der Waals surface area contributed by atoms with Crippen LogP contribution in [0, 0.1) is 0 Å². The molecule has 6 nitrogen and oxygen atoms in total. The summed E-state index contributed by atoms with van der Waals surface area (Å²) in [7, 11) is 0. The number of fused-ring (bicyclic) bond motifs is 1. The van der Waals surface area contributed by atoms with Gasteiger partial charge in [-0.2, -0.15) is 0 Å². The van der Waals surface area contributed by atoms with Gasteiger partial charge in [-0.25, -0.2) is 4.99 Å². The molecule has 1 aromatic rings. The van der Waals surface area contributed by atoms with Crippen molar-refractivity contribution in [3.05, 3.63) is 28.8 Å². The van der Waals surface area contributed by atoms with Crippen LogP contribution in [0.5, 0.6) is 5.75 Å². The summed E-state index contributed by atoms with van der Waals surface area (Å²) in [5.74, 6) is 1.24. The van der Waals surface area contributed by atoms with Gasteiger partial charge in [0.1, 0.15) is 5.75 Å². The number of halogens is 1. The Labute approximate surface area is 205 Å². The van der Waals surface area contributed by atoms with Crippen molar-refractivity contribution in [3.63, 3.8) is 0 Å². The van der Waals surface area contributed by atoms with E-state index in [9.17, 15) is 5.11 Å². The zero-order valence-electron chi connectivity index (χ0n) is 19.5. The largest absolute Gasteiger partial charge is 0.508 e. The number of nitrogens with zero attached hydrogens (tertiary/aromatic N) is 2. The summed E-state index contributed by atoms with van der Waals surface area (Å²) in [6, 6.07) is 4.36. The molecule has 0 unspecified atom stereocenters. The van der Waals surface area contributed by atoms with E-state index >= 15 is 0 Å². The monoisotopic (exact) mass is 544 g/mol. The second-order valence-electron chi connectivity index (χ2n) is 8.78. The predicted molar refractivity (Wildman–Crippen MR) is 139 cm³/mol. The molecule has 7 heteroatoms. The van der Waals surface area contributed by atoms with Crippen molar-refractivity contribution >= 4 is 29.9 Å². The number of guanidine groups is 1. The zero-order valence-corrected chi connectivity index (χ0v) is 21.8. The molecular formula is C24H41IN4O2. The number of aromatic hydroxyl groups is 1. The van der Waals surface area contributed by atoms with E-state index in [0.717, 1.165) is 70.0 Å². The second kappa shape index (κ2) is 13.5. The summed E-state index contributed by atoms with van der Waals surface area (Å²) in [6.45, 7) is 11.6. The Morgan fingerprint density at radius 1 is 1.23 bits per heavy atom. The Hall–Kier alpha value is -1.06. The van der Waals surface area contributed by atoms with Crippen LogP contribution in [-0.2, 0) is 24.1 Å². The van der Waals surface area contributed by atoms with Crippen LogP contribution in [0.25, 0.3) is 0 Å². The van der Waals surface area contributed by atoms with E-state index in [4.69, 9.17) is 9.73 Å². The number of hydrogen-bond acceptors (Lipinski definition) is 4. The SMILES string of the molecule is CCNC(=NCc1c(O)ccc2c1CCCC2)NC1CCN(CCOC(C)C)CC1.I. The summed E-state index contributed by atoms with van der Waals surface area (Å²) < 4.78 is 5.68. The van der Waals surface area contributed by atoms with Crippen molar-refractivity contribution in [3.8, 4) is 5.75 Å². The number of hydrogen-bond donors (Lipinski definition) is 3. The minimum absolute atomic E-state index is 0. The molecule has 0 aromatic heterocycles. The lowest BCUT2D eigenvalue weighted by molar-refractivity contribution is 0.0532. The lowest BCUT2D eigenvalue weighted by atomic mass is 9.88. The van der Waals surface area contributed by atoms with Crippen LogP contribution in [0.3, 0.4) is 0 Å². The lowest BCUT2D eigenvalue weighted by Gasteiger charge is -2.33. The minimum Gasteiger partial charge on any atom is -0.508 e. The number of benzene rings is 1. The molecule has 0 atom stereocenters. The maximum absolute atomic E-state index is 10.4. The van der Waals surface area contributed by atoms with E-state index in [2.05, 4.69) is 42.4 Å². The van der Waals surface area contributed by atoms with Crippen molar-refractivity contribution in [1.82, 2.24) is 15.5 Å². The zero-order chi connectivity index (χ0) is 21.3. The van der Waals surface area contributed by atoms with Crippen molar-refractivity contribution in [2.75, 3.05) is 32.8 Å². The van der Waals surface area contributed by atoms with Crippen molar-refractivity contribution < 1.29 is 9.84 Å². The van der Waals surface area contributed by atoms with Gasteiger partial charge in [-0.1, -0.05) is 6.07 Å². The first-order valence-corrected chi connectivity index (χ1v) is 11.8. The minimum atomic E-state index is 0. The van der Waals surface area contributed by atoms with Crippen LogP contribution in [0.4, 0.5) is 0 Å². The maximum atomic E-state index is 10.4. The van der Waals surface area contributed by atoms with Gasteiger partial charge in [0.15, 0.2) is 5.96 Å². The quantitative estimate of drug-likeness (QED) is 0.264. The topological polar surface area (TPSA) is 69.1 Å². The van der Waals surface area contributed by atoms with E-state index in [-0.39, 0.29) is 24.0 Å². The number of aryl methyl sites for hydroxylation is 1. The standard InChI is InChI=1S/C24H40N4O2.HI/c1-4-25-24(27-20-11-13-28(14-12-20)15-16-30-18(2)3)26-17-22-21-8-6-5-7-19(21)9-10-23(22)29;/h9-10,18,20,29H,4-8,11-17H2,1-3H3,(H2,25,26,27);1H. The molecule has 31 heavy (non-hydrogen) atoms. The third kappa shape index (κ3) is 8.09. The molecule has 3 rings (SSSR count). The van der Waals surface area contributed by atoms with E-state index in [1.54, 1.807) is 0 Å². The number of piperidine rings is 1. The summed E-state index contributed by atoms with van der Waals surface area (Å²) in [5.41, 5.74) is 3.71. The molecule has 1 saturated heterocycles. The fourth-order valence-corrected chi connectivity index (χ4v) is 4.46. The summed E-state index contributed by atoms with van der Waals surface area (Å²) in [4.78, 5) is 7.32. The van der Waals surface area contributed by atoms with Gasteiger partial charge in [-0.3, -0.25) is 0 Å². The van der Waals surface area contributed by atoms with E-state index < -0.39 is 0 Å². The second-order valence-corrected chi connectivity index (χ2v) is 8.78. The molecule has 1 fully saturated rings. The van der Waals surface area contributed by atoms with Gasteiger partial charge in [-0.05, 0) is 76.5 Å². The molecule has 1 aromatic carbocycles. The molecule has 1 aliphatic heterocycles. The number of phenols is 1. The van der Waals surface area contributed by atoms with Gasteiger partial charge in [0.25, 0.3) is 0 Å². The molecule has 0 saturated carbocycles. The third-order valence-electron chi connectivity index (χ3n) is 6.15. The summed E-state index contributed by atoms with van der Waals surface area (Å²) in [5, 5.41) is 17.4. The van der Waals surface area contributed by atoms with E-state index in [0.29, 0.717) is 24.4 Å². The molecule has 0 bridgehead atoms. The third-order valence-corrected chi connectivity index (χ3v) is 6.15. The molecule has 3 N–H and O–H groups in total. The smallest absolute Gasteiger partial charge is 0.191 e. The first-order valence-electron chi connectivity index (χ1n) is 11.8. The first-order chi connectivity index (χ1) is 14.6. The van der Waals surface area contributed by atoms with Crippen LogP contribution in [0.2, 0.25) is 0 Å². The van der Waals surface area contributed by atoms with E-state index in [1.165, 1.54) is 24.0 Å². The fraction of sp³-hybridized carbons (Fsp3) is 0.708. The Balaban J connectivity index is 0.00000341. The number of nitrogens with one attached hydrogen (secondary N) is 2. The average Bonchev–Trinajstić information content (AvgIpc) is 2.74. The van der Waals surface area contributed by atoms with Crippen molar-refractivity contribution in [2.24, 2.45) is 4.99 Å². The van der Waals surface area contributed by atoms with E-state index in [1.807, 2.05) is 6.07 Å². The predicted octanol–water partition coefficient (Wildman–Crippen LogP) is 3.83. The highest BCUT2D eigenvalue weighted by Crippen LogP contribution is 2.31. The Kier molecular flexibility index (Phi) is 11.4. The van der Waals surface area contributed by atoms with Gasteiger partial charge in [0.05, 0.1) is 19.3 Å². The number of phenolic OH excluding ortho intramolecular Hbond substituents is 1. The highest BCUT2D eigenvalue weighted by atomic mass is 127. The van der Waals surface area contributed by atoms with Crippen LogP contribution >= 0.6 is 24.0 Å². The van der Waals surface area contributed by atoms with Crippen LogP contribution < -0.4 is 10.6 Å². The lowest BCUT2D eigenvalue weighted by Crippen LogP contribution is -2.49. The highest BCUT2D eigenvalue weighted by Gasteiger charge is 2.20. The molecule has 1 aliphatic carbocycles. The number of rotatable bonds is 8. The van der Waals surface area contributed by atoms with Crippen molar-refractivity contribution in [2.45, 2.75) is 78.0 Å². The van der Waals surface area contributed by atoms with Gasteiger partial charge in [-0.15, -0.1) is 24.0 Å². The molecule has 0 radical (unpaired) electrons. The molecule has 2 aliphatic rings. The maximum Gasteiger partial charge on any atom is 0.191 e. The van der Waals surface area contributed by atoms with Crippen LogP contribution in [-0.4, -0.2) is 60.9 Å². The normalized spacial score (nSPS) is 17.9. The molecule has 0 amide bonds. The van der Waals surface area contributed by atoms with Crippen LogP contribution in [0.15, 0.2) is 17.1 Å². The van der Waals surface area contributed by atoms with Gasteiger partial charge in [0, 0.05) is 37.8 Å². The van der Waals surface area contributed by atoms with Gasteiger partial charge >= 0.3 is 0 Å². The van der Waals surface area contributed by atoms with Gasteiger partial charge in [0.2, 0.25) is 0 Å². The molecule has 1 heterocycles.